The molecule has 0 spiro atoms. The van der Waals surface area contributed by atoms with E-state index in [0.29, 0.717) is 0 Å². The third-order valence-electron chi connectivity index (χ3n) is 0.654. The summed E-state index contributed by atoms with van der Waals surface area (Å²) in [6.07, 6.45) is 0. The fraction of sp³-hybridized carbons (Fsp3) is 0. The zero-order valence-electron chi connectivity index (χ0n) is 4.17. The minimum atomic E-state index is -0.222. The molecule has 0 amide bonds. The van der Waals surface area contributed by atoms with Crippen LogP contribution < -0.4 is 0 Å². The van der Waals surface area contributed by atoms with Crippen molar-refractivity contribution in [2.24, 2.45) is 0 Å². The van der Waals surface area contributed by atoms with E-state index in [9.17, 15) is 0 Å². The molecule has 1 aromatic rings. The zero-order chi connectivity index (χ0) is 6.85. The molecule has 0 unspecified atom stereocenters. The highest BCUT2D eigenvalue weighted by atomic mass is 35.5. The minimum Gasteiger partial charge on any atom is -0.493 e. The molecule has 1 rings (SSSR count). The summed E-state index contributed by atoms with van der Waals surface area (Å²) in [6.45, 7) is 0. The van der Waals surface area contributed by atoms with Crippen LogP contribution >= 0.6 is 23.2 Å². The van der Waals surface area contributed by atoms with Crippen molar-refractivity contribution in [1.29, 1.82) is 0 Å². The molecule has 9 heavy (non-hydrogen) atoms. The summed E-state index contributed by atoms with van der Waals surface area (Å²) in [7, 11) is 0. The van der Waals surface area contributed by atoms with Crippen molar-refractivity contribution in [3.63, 3.8) is 0 Å². The van der Waals surface area contributed by atoms with Gasteiger partial charge >= 0.3 is 0 Å². The second-order valence-corrected chi connectivity index (χ2v) is 2.04. The lowest BCUT2D eigenvalue weighted by molar-refractivity contribution is 0.452. The number of rotatable bonds is 0. The van der Waals surface area contributed by atoms with Gasteiger partial charge in [-0.25, -0.2) is 4.98 Å². The molecule has 48 valence electrons. The van der Waals surface area contributed by atoms with Crippen LogP contribution in [-0.4, -0.2) is 15.1 Å². The van der Waals surface area contributed by atoms with Crippen LogP contribution in [0.1, 0.15) is 0 Å². The predicted octanol–water partition coefficient (Wildman–Crippen LogP) is 1.49. The molecule has 0 radical (unpaired) electrons. The molecule has 0 aliphatic heterocycles. The highest BCUT2D eigenvalue weighted by Gasteiger charge is 1.96. The number of aromatic hydroxyl groups is 1. The first-order valence-electron chi connectivity index (χ1n) is 2.07. The Balaban J connectivity index is 3.17. The van der Waals surface area contributed by atoms with Crippen molar-refractivity contribution < 1.29 is 5.11 Å². The Hall–Kier alpha value is -0.540. The zero-order valence-corrected chi connectivity index (χ0v) is 5.69. The van der Waals surface area contributed by atoms with Crippen LogP contribution in [0.25, 0.3) is 0 Å². The average molecular weight is 165 g/mol. The number of aromatic nitrogens is 2. The van der Waals surface area contributed by atoms with Crippen LogP contribution in [0.5, 0.6) is 5.88 Å². The van der Waals surface area contributed by atoms with Gasteiger partial charge in [-0.2, -0.15) is 4.98 Å². The molecule has 1 N–H and O–H groups in total. The van der Waals surface area contributed by atoms with Crippen LogP contribution in [0.15, 0.2) is 6.07 Å². The Kier molecular flexibility index (Phi) is 1.73. The van der Waals surface area contributed by atoms with Crippen LogP contribution in [0.2, 0.25) is 10.4 Å². The van der Waals surface area contributed by atoms with E-state index >= 15 is 0 Å². The van der Waals surface area contributed by atoms with E-state index in [0.717, 1.165) is 0 Å². The standard InChI is InChI=1S/C4H2Cl2N2O/c5-2-1-3(9)8-4(6)7-2/h1H,(H,7,8,9). The minimum absolute atomic E-state index is 0.0556. The van der Waals surface area contributed by atoms with E-state index in [2.05, 4.69) is 9.97 Å². The first-order valence-corrected chi connectivity index (χ1v) is 2.83. The third kappa shape index (κ3) is 1.69. The molecule has 0 aliphatic rings. The summed E-state index contributed by atoms with van der Waals surface area (Å²) in [6, 6.07) is 1.20. The molecule has 0 aliphatic carbocycles. The Morgan fingerprint density at radius 3 is 2.44 bits per heavy atom. The van der Waals surface area contributed by atoms with Gasteiger partial charge in [0, 0.05) is 6.07 Å². The van der Waals surface area contributed by atoms with Gasteiger partial charge in [-0.05, 0) is 11.6 Å². The Bertz CT molecular complexity index is 177. The van der Waals surface area contributed by atoms with E-state index in [-0.39, 0.29) is 16.3 Å². The summed E-state index contributed by atoms with van der Waals surface area (Å²) >= 11 is 10.6. The average Bonchev–Trinajstić information content (AvgIpc) is 1.59. The van der Waals surface area contributed by atoms with Gasteiger partial charge in [-0.3, -0.25) is 0 Å². The SMILES string of the molecule is Oc1cc(Cl)nc(Cl)n1. The number of hydrogen-bond acceptors (Lipinski definition) is 3. The summed E-state index contributed by atoms with van der Waals surface area (Å²) in [5.41, 5.74) is 0. The molecule has 0 fully saturated rings. The first-order chi connectivity index (χ1) is 4.18. The predicted molar refractivity (Wildman–Crippen MR) is 33.7 cm³/mol. The fourth-order valence-corrected chi connectivity index (χ4v) is 0.777. The second-order valence-electron chi connectivity index (χ2n) is 1.32. The topological polar surface area (TPSA) is 46.0 Å². The van der Waals surface area contributed by atoms with Gasteiger partial charge in [0.1, 0.15) is 5.15 Å². The van der Waals surface area contributed by atoms with Gasteiger partial charge in [0.05, 0.1) is 0 Å². The molecule has 3 nitrogen and oxygen atoms in total. The monoisotopic (exact) mass is 164 g/mol. The quantitative estimate of drug-likeness (QED) is 0.467. The van der Waals surface area contributed by atoms with E-state index in [1.807, 2.05) is 0 Å². The molecule has 1 aromatic heterocycles. The van der Waals surface area contributed by atoms with Crippen molar-refractivity contribution in [2.75, 3.05) is 0 Å². The lowest BCUT2D eigenvalue weighted by atomic mass is 10.6. The molecule has 0 bridgehead atoms. The van der Waals surface area contributed by atoms with Crippen molar-refractivity contribution in [3.05, 3.63) is 16.5 Å². The van der Waals surface area contributed by atoms with Crippen LogP contribution in [0.3, 0.4) is 0 Å². The van der Waals surface area contributed by atoms with Gasteiger partial charge in [0.15, 0.2) is 0 Å². The largest absolute Gasteiger partial charge is 0.493 e. The fourth-order valence-electron chi connectivity index (χ4n) is 0.379. The highest BCUT2D eigenvalue weighted by molar-refractivity contribution is 6.31. The molecular formula is C4H2Cl2N2O. The second kappa shape index (κ2) is 2.37. The highest BCUT2D eigenvalue weighted by Crippen LogP contribution is 2.13. The summed E-state index contributed by atoms with van der Waals surface area (Å²) in [5, 5.41) is 8.75. The number of nitrogens with zero attached hydrogens (tertiary/aromatic N) is 2. The van der Waals surface area contributed by atoms with E-state index in [1.54, 1.807) is 0 Å². The van der Waals surface area contributed by atoms with Crippen molar-refractivity contribution in [2.45, 2.75) is 0 Å². The third-order valence-corrected chi connectivity index (χ3v) is 1.02. The number of hydrogen-bond donors (Lipinski definition) is 1. The lowest BCUT2D eigenvalue weighted by Crippen LogP contribution is -1.80. The lowest BCUT2D eigenvalue weighted by Gasteiger charge is -1.90. The van der Waals surface area contributed by atoms with Gasteiger partial charge < -0.3 is 5.11 Å². The normalized spacial score (nSPS) is 9.56. The van der Waals surface area contributed by atoms with E-state index < -0.39 is 0 Å². The Labute approximate surface area is 61.3 Å². The van der Waals surface area contributed by atoms with E-state index in [4.69, 9.17) is 28.3 Å². The molecule has 0 aromatic carbocycles. The number of halogens is 2. The van der Waals surface area contributed by atoms with Gasteiger partial charge in [-0.15, -0.1) is 0 Å². The molecule has 1 heterocycles. The van der Waals surface area contributed by atoms with Crippen molar-refractivity contribution in [1.82, 2.24) is 9.97 Å². The maximum absolute atomic E-state index is 8.67. The van der Waals surface area contributed by atoms with Crippen LogP contribution in [-0.2, 0) is 0 Å². The van der Waals surface area contributed by atoms with Gasteiger partial charge in [0.25, 0.3) is 0 Å². The Morgan fingerprint density at radius 2 is 2.00 bits per heavy atom. The molecule has 0 atom stereocenters. The van der Waals surface area contributed by atoms with E-state index in [1.165, 1.54) is 6.07 Å². The smallest absolute Gasteiger partial charge is 0.227 e. The molecule has 0 saturated carbocycles. The molecule has 0 saturated heterocycles. The maximum atomic E-state index is 8.67. The van der Waals surface area contributed by atoms with Crippen molar-refractivity contribution >= 4 is 23.2 Å². The molecule has 5 heteroatoms. The summed E-state index contributed by atoms with van der Waals surface area (Å²) in [5.74, 6) is -0.222. The van der Waals surface area contributed by atoms with Crippen LogP contribution in [0, 0.1) is 0 Å². The summed E-state index contributed by atoms with van der Waals surface area (Å²) in [4.78, 5) is 6.85. The van der Waals surface area contributed by atoms with Gasteiger partial charge in [-0.1, -0.05) is 11.6 Å². The summed E-state index contributed by atoms with van der Waals surface area (Å²) < 4.78 is 0. The Morgan fingerprint density at radius 1 is 1.33 bits per heavy atom. The van der Waals surface area contributed by atoms with Gasteiger partial charge in [0.2, 0.25) is 11.2 Å². The molecular weight excluding hydrogens is 163 g/mol. The first kappa shape index (κ1) is 6.58. The van der Waals surface area contributed by atoms with Crippen LogP contribution in [0.4, 0.5) is 0 Å². The van der Waals surface area contributed by atoms with Crippen molar-refractivity contribution in [3.8, 4) is 5.88 Å². The maximum Gasteiger partial charge on any atom is 0.227 e.